The molecule has 0 spiro atoms. The number of carbonyl (C=O) groups is 2. The van der Waals surface area contributed by atoms with E-state index in [4.69, 9.17) is 18.5 Å². The first kappa shape index (κ1) is 49.4. The highest BCUT2D eigenvalue weighted by Crippen LogP contribution is 2.38. The van der Waals surface area contributed by atoms with Crippen molar-refractivity contribution in [1.29, 1.82) is 0 Å². The van der Waals surface area contributed by atoms with E-state index in [0.29, 0.717) is 30.3 Å². The Morgan fingerprint density at radius 3 is 2.06 bits per heavy atom. The summed E-state index contributed by atoms with van der Waals surface area (Å²) in [6.07, 6.45) is 20.6. The summed E-state index contributed by atoms with van der Waals surface area (Å²) in [6, 6.07) is 0. The van der Waals surface area contributed by atoms with Gasteiger partial charge in [0.25, 0.3) is 7.82 Å². The van der Waals surface area contributed by atoms with Gasteiger partial charge in [-0.25, -0.2) is 0 Å². The van der Waals surface area contributed by atoms with Gasteiger partial charge in [-0.15, -0.1) is 0 Å². The number of nitrogens with zero attached hydrogens (tertiary/aromatic N) is 1. The molecule has 3 N–H and O–H groups in total. The minimum absolute atomic E-state index is 0.0796. The molecular formula is C40H74NO11P. The summed E-state index contributed by atoms with van der Waals surface area (Å²) >= 11 is 0. The Labute approximate surface area is 320 Å². The fourth-order valence-corrected chi connectivity index (χ4v) is 7.00. The number of unbranched alkanes of at least 4 members (excludes halogenated alkanes) is 12. The summed E-state index contributed by atoms with van der Waals surface area (Å²) in [7, 11) is 0.996. The zero-order valence-electron chi connectivity index (χ0n) is 33.5. The van der Waals surface area contributed by atoms with E-state index in [1.54, 1.807) is 24.3 Å². The van der Waals surface area contributed by atoms with Crippen LogP contribution in [0.4, 0.5) is 0 Å². The topological polar surface area (TPSA) is 172 Å². The molecule has 1 unspecified atom stereocenters. The van der Waals surface area contributed by atoms with Gasteiger partial charge in [-0.3, -0.25) is 14.2 Å². The number of esters is 2. The van der Waals surface area contributed by atoms with Crippen molar-refractivity contribution in [3.8, 4) is 0 Å². The lowest BCUT2D eigenvalue weighted by atomic mass is 9.89. The van der Waals surface area contributed by atoms with Crippen molar-refractivity contribution in [2.45, 2.75) is 160 Å². The molecule has 1 rings (SSSR count). The Balaban J connectivity index is 2.61. The van der Waals surface area contributed by atoms with Gasteiger partial charge in [0.15, 0.2) is 6.10 Å². The van der Waals surface area contributed by atoms with Gasteiger partial charge >= 0.3 is 11.9 Å². The zero-order chi connectivity index (χ0) is 39.5. The van der Waals surface area contributed by atoms with Gasteiger partial charge in [0.1, 0.15) is 19.8 Å². The number of hydrogen-bond acceptors (Lipinski definition) is 11. The molecule has 7 atom stereocenters. The first-order valence-corrected chi connectivity index (χ1v) is 21.8. The molecule has 0 radical (unpaired) electrons. The number of aliphatic hydroxyl groups is 3. The van der Waals surface area contributed by atoms with Crippen LogP contribution >= 0.6 is 7.82 Å². The van der Waals surface area contributed by atoms with Gasteiger partial charge in [0, 0.05) is 18.8 Å². The predicted molar refractivity (Wildman–Crippen MR) is 206 cm³/mol. The molecule has 1 aliphatic rings. The molecule has 0 bridgehead atoms. The summed E-state index contributed by atoms with van der Waals surface area (Å²) in [5.41, 5.74) is 0. The average Bonchev–Trinajstić information content (AvgIpc) is 3.36. The minimum atomic E-state index is -4.70. The molecule has 13 heteroatoms. The lowest BCUT2D eigenvalue weighted by molar-refractivity contribution is -0.870. The number of aliphatic hydroxyl groups excluding tert-OH is 3. The van der Waals surface area contributed by atoms with Crippen LogP contribution in [0.1, 0.15) is 136 Å². The second-order valence-corrected chi connectivity index (χ2v) is 17.1. The molecule has 0 heterocycles. The first-order valence-electron chi connectivity index (χ1n) is 20.3. The number of hydrogen-bond donors (Lipinski definition) is 3. The predicted octanol–water partition coefficient (Wildman–Crippen LogP) is 6.54. The molecule has 0 saturated heterocycles. The van der Waals surface area contributed by atoms with E-state index in [0.717, 1.165) is 38.5 Å². The van der Waals surface area contributed by atoms with Crippen LogP contribution in [0.5, 0.6) is 0 Å². The van der Waals surface area contributed by atoms with Crippen molar-refractivity contribution < 1.29 is 57.4 Å². The van der Waals surface area contributed by atoms with E-state index in [-0.39, 0.29) is 37.7 Å². The van der Waals surface area contributed by atoms with E-state index in [9.17, 15) is 34.4 Å². The monoisotopic (exact) mass is 775 g/mol. The number of phosphoric ester groups is 1. The van der Waals surface area contributed by atoms with E-state index in [1.165, 1.54) is 44.9 Å². The number of quaternary nitrogens is 1. The highest BCUT2D eigenvalue weighted by molar-refractivity contribution is 7.45. The van der Waals surface area contributed by atoms with Crippen LogP contribution in [-0.4, -0.2) is 104 Å². The Hall–Kier alpha value is -1.63. The number of carbonyl (C=O) groups excluding carboxylic acids is 2. The number of rotatable bonds is 32. The number of likely N-dealkylation sites (N-methyl/N-ethyl adjacent to an activating group) is 1. The van der Waals surface area contributed by atoms with Crippen molar-refractivity contribution in [3.63, 3.8) is 0 Å². The number of allylic oxidation sites excluding steroid dienone is 1. The van der Waals surface area contributed by atoms with Gasteiger partial charge in [-0.05, 0) is 25.2 Å². The molecule has 0 aliphatic heterocycles. The summed E-state index contributed by atoms with van der Waals surface area (Å²) in [5, 5.41) is 31.3. The van der Waals surface area contributed by atoms with Gasteiger partial charge in [-0.2, -0.15) is 0 Å². The largest absolute Gasteiger partial charge is 0.756 e. The van der Waals surface area contributed by atoms with E-state index < -0.39 is 57.4 Å². The summed E-state index contributed by atoms with van der Waals surface area (Å²) in [5.74, 6) is -1.73. The van der Waals surface area contributed by atoms with Crippen LogP contribution in [0.15, 0.2) is 24.3 Å². The van der Waals surface area contributed by atoms with Crippen molar-refractivity contribution >= 4 is 19.8 Å². The van der Waals surface area contributed by atoms with Gasteiger partial charge < -0.3 is 43.2 Å². The highest BCUT2D eigenvalue weighted by Gasteiger charge is 2.39. The zero-order valence-corrected chi connectivity index (χ0v) is 34.4. The van der Waals surface area contributed by atoms with E-state index >= 15 is 0 Å². The second-order valence-electron chi connectivity index (χ2n) is 15.6. The molecule has 0 amide bonds. The fourth-order valence-electron chi connectivity index (χ4n) is 6.27. The summed E-state index contributed by atoms with van der Waals surface area (Å²) < 4.78 is 33.7. The third-order valence-corrected chi connectivity index (χ3v) is 10.5. The second kappa shape index (κ2) is 28.7. The maximum absolute atomic E-state index is 12.7. The maximum atomic E-state index is 12.7. The number of ether oxygens (including phenoxy) is 2. The Bertz CT molecular complexity index is 1080. The maximum Gasteiger partial charge on any atom is 0.309 e. The van der Waals surface area contributed by atoms with Crippen LogP contribution in [-0.2, 0) is 32.7 Å². The van der Waals surface area contributed by atoms with Crippen molar-refractivity contribution in [2.24, 2.45) is 11.8 Å². The van der Waals surface area contributed by atoms with Crippen molar-refractivity contribution in [3.05, 3.63) is 24.3 Å². The quantitative estimate of drug-likeness (QED) is 0.0223. The molecule has 1 fully saturated rings. The van der Waals surface area contributed by atoms with Crippen molar-refractivity contribution in [2.75, 3.05) is 47.5 Å². The third-order valence-electron chi connectivity index (χ3n) is 9.58. The van der Waals surface area contributed by atoms with Crippen LogP contribution in [0.3, 0.4) is 0 Å². The molecule has 1 aliphatic carbocycles. The van der Waals surface area contributed by atoms with Crippen molar-refractivity contribution in [1.82, 2.24) is 0 Å². The Kier molecular flexibility index (Phi) is 26.8. The number of phosphoric acid groups is 1. The lowest BCUT2D eigenvalue weighted by Crippen LogP contribution is -2.37. The minimum Gasteiger partial charge on any atom is -0.756 e. The Morgan fingerprint density at radius 2 is 1.43 bits per heavy atom. The summed E-state index contributed by atoms with van der Waals surface area (Å²) in [4.78, 5) is 37.6. The summed E-state index contributed by atoms with van der Waals surface area (Å²) in [6.45, 7) is 3.72. The molecule has 310 valence electrons. The smallest absolute Gasteiger partial charge is 0.309 e. The molecule has 0 aromatic heterocycles. The van der Waals surface area contributed by atoms with E-state index in [2.05, 4.69) is 13.8 Å². The molecule has 53 heavy (non-hydrogen) atoms. The molecule has 1 saturated carbocycles. The van der Waals surface area contributed by atoms with Crippen LogP contribution in [0.25, 0.3) is 0 Å². The van der Waals surface area contributed by atoms with E-state index in [1.807, 2.05) is 21.1 Å². The first-order chi connectivity index (χ1) is 25.2. The Morgan fingerprint density at radius 1 is 0.830 bits per heavy atom. The third kappa shape index (κ3) is 26.0. The van der Waals surface area contributed by atoms with Crippen LogP contribution in [0.2, 0.25) is 0 Å². The molecule has 0 aromatic carbocycles. The average molecular weight is 776 g/mol. The molecule has 0 aromatic rings. The lowest BCUT2D eigenvalue weighted by Gasteiger charge is -2.28. The fraction of sp³-hybridized carbons (Fsp3) is 0.850. The van der Waals surface area contributed by atoms with Crippen LogP contribution < -0.4 is 4.89 Å². The van der Waals surface area contributed by atoms with Gasteiger partial charge in [-0.1, -0.05) is 122 Å². The highest BCUT2D eigenvalue weighted by atomic mass is 31.2. The van der Waals surface area contributed by atoms with Crippen LogP contribution in [0, 0.1) is 11.8 Å². The molecular weight excluding hydrogens is 701 g/mol. The van der Waals surface area contributed by atoms with Gasteiger partial charge in [0.05, 0.1) is 52.5 Å². The standard InChI is InChI=1S/C40H74NO11P/c1-6-8-10-11-12-13-14-15-16-17-19-25-40(46)52-34(32-51-53(47,48)50-29-28-41(3,4)5)31-49-39(45)24-21-20-23-35-36(38(44)30-37(35)43)27-26-33(42)22-18-9-7-2/h20-21,26-27,33-38,42-44H,6-19,22-25,28-32H2,1-5H3/b21-20-,27-26+/t33-,34-,35+,36-,37+,38-/m1/s1. The van der Waals surface area contributed by atoms with Gasteiger partial charge in [0.2, 0.25) is 0 Å². The SMILES string of the molecule is CCCCCCCCCCCCCC(=O)O[C@H](COC(=O)C/C=C\C[C@H]1[C@@H](/C=C/[C@H](O)CCCCC)[C@H](O)C[C@@H]1O)COP(=O)([O-])OCC[N+](C)(C)C. The molecule has 12 nitrogen and oxygen atoms in total. The normalized spacial score (nSPS) is 21.6.